The number of hydrogen-bond donors (Lipinski definition) is 13. The summed E-state index contributed by atoms with van der Waals surface area (Å²) in [6.45, 7) is 1.74. The topological polar surface area (TPSA) is 325 Å². The highest BCUT2D eigenvalue weighted by Gasteiger charge is 2.30. The number of nitrogens with one attached hydrogen (secondary N) is 6. The second-order valence-electron chi connectivity index (χ2n) is 9.32. The minimum atomic E-state index is -1.41. The van der Waals surface area contributed by atoms with E-state index < -0.39 is 84.8 Å². The van der Waals surface area contributed by atoms with Gasteiger partial charge in [-0.1, -0.05) is 12.8 Å². The van der Waals surface area contributed by atoms with E-state index in [1.54, 1.807) is 0 Å². The molecule has 0 spiro atoms. The summed E-state index contributed by atoms with van der Waals surface area (Å²) in [4.78, 5) is 73.3. The van der Waals surface area contributed by atoms with Gasteiger partial charge in [0.15, 0.2) is 11.6 Å². The van der Waals surface area contributed by atoms with E-state index in [1.165, 1.54) is 6.92 Å². The molecule has 0 aromatic heterocycles. The highest BCUT2D eigenvalue weighted by atomic mass is 32.1. The summed E-state index contributed by atoms with van der Waals surface area (Å²) in [6.07, 6.45) is -1.59. The summed E-state index contributed by atoms with van der Waals surface area (Å²) in [5.41, 5.74) is 27.0. The Morgan fingerprint density at radius 3 is 1.71 bits per heavy atom. The number of thiol groups is 1. The predicted molar refractivity (Wildman–Crippen MR) is 152 cm³/mol. The normalized spacial score (nSPS) is 14.2. The fourth-order valence-electron chi connectivity index (χ4n) is 3.47. The monoisotopic (exact) mass is 607 g/mol. The molecule has 0 aromatic carbocycles. The SMILES string of the molecule is C[C@H](NCC(=O)[C@H](CCCNC(N)N)NC(=O)[C@H](CC(N)=O)NC(=O)[C@H](CCCNC(N)N)NS)C(=O)CC(=O)O. The van der Waals surface area contributed by atoms with Gasteiger partial charge in [-0.25, -0.2) is 0 Å². The summed E-state index contributed by atoms with van der Waals surface area (Å²) in [7, 11) is 0. The molecule has 19 heteroatoms. The van der Waals surface area contributed by atoms with Crippen LogP contribution in [0.15, 0.2) is 0 Å². The standard InChI is InChI=1S/C22H45N11O7S/c1-11(15(34)9-18(37)38)30-10-16(35)12(4-2-6-28-21(24)25)31-20(40)14(8-17(23)36)32-19(39)13(33-41)5-3-7-29-22(26)27/h11-14,21-22,28-30,33,41H,2-10,24-27H2,1H3,(H2,23,36)(H,31,40)(H,32,39)(H,37,38)/t11-,12-,13-,14-/m0/s1. The average molecular weight is 608 g/mol. The van der Waals surface area contributed by atoms with Crippen LogP contribution in [0.3, 0.4) is 0 Å². The molecule has 0 unspecified atom stereocenters. The molecule has 0 aliphatic carbocycles. The van der Waals surface area contributed by atoms with Gasteiger partial charge >= 0.3 is 5.97 Å². The first-order valence-electron chi connectivity index (χ1n) is 13.0. The van der Waals surface area contributed by atoms with Crippen LogP contribution < -0.4 is 60.0 Å². The van der Waals surface area contributed by atoms with E-state index in [4.69, 9.17) is 33.8 Å². The molecule has 0 aliphatic rings. The third-order valence-corrected chi connectivity index (χ3v) is 6.02. The van der Waals surface area contributed by atoms with Crippen molar-refractivity contribution in [1.29, 1.82) is 0 Å². The lowest BCUT2D eigenvalue weighted by Gasteiger charge is -2.25. The van der Waals surface area contributed by atoms with Gasteiger partial charge in [0.05, 0.1) is 31.1 Å². The van der Waals surface area contributed by atoms with Crippen molar-refractivity contribution >= 4 is 48.1 Å². The van der Waals surface area contributed by atoms with Gasteiger partial charge in [-0.2, -0.15) is 0 Å². The summed E-state index contributed by atoms with van der Waals surface area (Å²) in [6, 6.07) is -4.30. The molecule has 0 bridgehead atoms. The Morgan fingerprint density at radius 2 is 1.24 bits per heavy atom. The van der Waals surface area contributed by atoms with Gasteiger partial charge in [-0.05, 0) is 45.7 Å². The maximum atomic E-state index is 13.1. The quantitative estimate of drug-likeness (QED) is 0.0210. The first-order valence-corrected chi connectivity index (χ1v) is 13.4. The molecule has 0 saturated heterocycles. The average Bonchev–Trinajstić information content (AvgIpc) is 2.87. The van der Waals surface area contributed by atoms with Crippen molar-refractivity contribution in [3.63, 3.8) is 0 Å². The number of Topliss-reactive ketones (excluding diaryl/α,β-unsaturated/α-hetero) is 2. The van der Waals surface area contributed by atoms with E-state index in [0.29, 0.717) is 25.9 Å². The highest BCUT2D eigenvalue weighted by Crippen LogP contribution is 2.04. The zero-order valence-electron chi connectivity index (χ0n) is 23.1. The molecule has 4 atom stereocenters. The van der Waals surface area contributed by atoms with Crippen molar-refractivity contribution in [2.75, 3.05) is 19.6 Å². The summed E-state index contributed by atoms with van der Waals surface area (Å²) < 4.78 is 2.53. The molecule has 236 valence electrons. The minimum absolute atomic E-state index is 0.109. The van der Waals surface area contributed by atoms with Gasteiger partial charge in [-0.3, -0.25) is 44.1 Å². The number of carbonyl (C=O) groups excluding carboxylic acids is 5. The van der Waals surface area contributed by atoms with Gasteiger partial charge in [-0.15, -0.1) is 0 Å². The lowest BCUT2D eigenvalue weighted by molar-refractivity contribution is -0.140. The van der Waals surface area contributed by atoms with Crippen LogP contribution in [0.2, 0.25) is 0 Å². The van der Waals surface area contributed by atoms with Crippen molar-refractivity contribution in [3.8, 4) is 0 Å². The molecule has 0 radical (unpaired) electrons. The van der Waals surface area contributed by atoms with Crippen LogP contribution in [-0.4, -0.2) is 96.7 Å². The van der Waals surface area contributed by atoms with Crippen LogP contribution >= 0.6 is 12.8 Å². The minimum Gasteiger partial charge on any atom is -0.481 e. The highest BCUT2D eigenvalue weighted by molar-refractivity contribution is 7.78. The van der Waals surface area contributed by atoms with Gasteiger partial charge in [0, 0.05) is 0 Å². The third kappa shape index (κ3) is 18.3. The number of carboxylic acids is 1. The number of hydrogen-bond acceptors (Lipinski definition) is 15. The van der Waals surface area contributed by atoms with Crippen molar-refractivity contribution < 1.29 is 33.9 Å². The molecule has 0 aromatic rings. The number of aliphatic carboxylic acids is 1. The zero-order chi connectivity index (χ0) is 31.5. The van der Waals surface area contributed by atoms with Crippen molar-refractivity contribution in [3.05, 3.63) is 0 Å². The second kappa shape index (κ2) is 21.0. The Hall–Kier alpha value is -2.75. The Bertz CT molecular complexity index is 879. The predicted octanol–water partition coefficient (Wildman–Crippen LogP) is -5.63. The van der Waals surface area contributed by atoms with Gasteiger partial charge < -0.3 is 49.7 Å². The molecular formula is C22H45N11O7S. The molecule has 0 heterocycles. The number of carboxylic acid groups (broad SMARTS) is 1. The smallest absolute Gasteiger partial charge is 0.310 e. The lowest BCUT2D eigenvalue weighted by Crippen LogP contribution is -2.56. The van der Waals surface area contributed by atoms with Crippen LogP contribution in [0.25, 0.3) is 0 Å². The van der Waals surface area contributed by atoms with Crippen LogP contribution in [-0.2, 0) is 28.8 Å². The first-order chi connectivity index (χ1) is 19.2. The molecule has 0 fully saturated rings. The molecule has 3 amide bonds. The van der Waals surface area contributed by atoms with Crippen molar-refractivity contribution in [2.45, 2.75) is 82.2 Å². The lowest BCUT2D eigenvalue weighted by atomic mass is 10.0. The van der Waals surface area contributed by atoms with Gasteiger partial charge in [0.1, 0.15) is 25.0 Å². The Balaban J connectivity index is 5.47. The molecule has 0 rings (SSSR count). The van der Waals surface area contributed by atoms with E-state index in [2.05, 4.69) is 44.1 Å². The molecule has 0 saturated carbocycles. The third-order valence-electron chi connectivity index (χ3n) is 5.71. The van der Waals surface area contributed by atoms with E-state index in [0.717, 1.165) is 0 Å². The number of carbonyl (C=O) groups is 6. The zero-order valence-corrected chi connectivity index (χ0v) is 24.0. The van der Waals surface area contributed by atoms with Gasteiger partial charge in [0.2, 0.25) is 17.7 Å². The maximum absolute atomic E-state index is 13.1. The fourth-order valence-corrected chi connectivity index (χ4v) is 3.71. The van der Waals surface area contributed by atoms with Crippen molar-refractivity contribution in [2.24, 2.45) is 28.7 Å². The molecule has 41 heavy (non-hydrogen) atoms. The van der Waals surface area contributed by atoms with Gasteiger partial charge in [0.25, 0.3) is 0 Å². The molecule has 0 aliphatic heterocycles. The van der Waals surface area contributed by atoms with Crippen LogP contribution in [0, 0.1) is 0 Å². The van der Waals surface area contributed by atoms with E-state index in [1.807, 2.05) is 0 Å². The Morgan fingerprint density at radius 1 is 0.756 bits per heavy atom. The fraction of sp³-hybridized carbons (Fsp3) is 0.727. The molecule has 17 N–H and O–H groups in total. The van der Waals surface area contributed by atoms with E-state index >= 15 is 0 Å². The largest absolute Gasteiger partial charge is 0.481 e. The maximum Gasteiger partial charge on any atom is 0.310 e. The van der Waals surface area contributed by atoms with E-state index in [-0.39, 0.29) is 19.4 Å². The number of rotatable bonds is 24. The number of primary amides is 1. The summed E-state index contributed by atoms with van der Waals surface area (Å²) in [5.74, 6) is -4.84. The Labute approximate surface area is 243 Å². The first kappa shape index (κ1) is 38.2. The van der Waals surface area contributed by atoms with E-state index in [9.17, 15) is 28.8 Å². The Kier molecular flexibility index (Phi) is 19.6. The van der Waals surface area contributed by atoms with Crippen LogP contribution in [0.5, 0.6) is 0 Å². The van der Waals surface area contributed by atoms with Crippen LogP contribution in [0.4, 0.5) is 0 Å². The number of ketones is 2. The molecule has 18 nitrogen and oxygen atoms in total. The number of nitrogens with two attached hydrogens (primary N) is 5. The number of amides is 3. The second-order valence-corrected chi connectivity index (χ2v) is 9.58. The molecular weight excluding hydrogens is 562 g/mol. The van der Waals surface area contributed by atoms with Crippen LogP contribution in [0.1, 0.15) is 45.4 Å². The summed E-state index contributed by atoms with van der Waals surface area (Å²) in [5, 5.41) is 22.0. The van der Waals surface area contributed by atoms with Crippen molar-refractivity contribution in [1.82, 2.24) is 31.3 Å². The summed E-state index contributed by atoms with van der Waals surface area (Å²) >= 11 is 3.95.